The number of unbranched alkanes of at least 4 members (excludes halogenated alkanes) is 10. The van der Waals surface area contributed by atoms with Gasteiger partial charge in [-0.25, -0.2) is 0 Å². The summed E-state index contributed by atoms with van der Waals surface area (Å²) < 4.78 is 11.5. The van der Waals surface area contributed by atoms with Crippen LogP contribution in [0.25, 0.3) is 0 Å². The van der Waals surface area contributed by atoms with Gasteiger partial charge < -0.3 is 9.47 Å². The number of hydrogen-bond donors (Lipinski definition) is 0. The molecule has 0 amide bonds. The zero-order valence-corrected chi connectivity index (χ0v) is 18.1. The predicted molar refractivity (Wildman–Crippen MR) is 111 cm³/mol. The van der Waals surface area contributed by atoms with Gasteiger partial charge in [-0.1, -0.05) is 100 Å². The lowest BCUT2D eigenvalue weighted by Gasteiger charge is -2.21. The van der Waals surface area contributed by atoms with Crippen molar-refractivity contribution >= 4 is 22.6 Å². The summed E-state index contributed by atoms with van der Waals surface area (Å²) in [6, 6.07) is 0. The SMILES string of the molecule is CCCCCCCC[C@@H](OC)[C@@H](I)CCCCCCCCOC. The van der Waals surface area contributed by atoms with Crippen molar-refractivity contribution in [2.75, 3.05) is 20.8 Å². The molecule has 0 rings (SSSR count). The van der Waals surface area contributed by atoms with Gasteiger partial charge in [0.1, 0.15) is 0 Å². The summed E-state index contributed by atoms with van der Waals surface area (Å²) in [6.07, 6.45) is 19.3. The lowest BCUT2D eigenvalue weighted by atomic mass is 10.0. The molecule has 2 atom stereocenters. The Labute approximate surface area is 159 Å². The quantitative estimate of drug-likeness (QED) is 0.131. The van der Waals surface area contributed by atoms with E-state index in [9.17, 15) is 0 Å². The van der Waals surface area contributed by atoms with E-state index in [0.29, 0.717) is 10.0 Å². The third kappa shape index (κ3) is 15.9. The van der Waals surface area contributed by atoms with Crippen molar-refractivity contribution in [3.05, 3.63) is 0 Å². The van der Waals surface area contributed by atoms with Crippen LogP contribution >= 0.6 is 22.6 Å². The van der Waals surface area contributed by atoms with Gasteiger partial charge in [-0.2, -0.15) is 0 Å². The smallest absolute Gasteiger partial charge is 0.0688 e. The van der Waals surface area contributed by atoms with Crippen LogP contribution in [0.2, 0.25) is 0 Å². The van der Waals surface area contributed by atoms with E-state index in [1.807, 2.05) is 7.11 Å². The Kier molecular flexibility index (Phi) is 19.5. The Bertz CT molecular complexity index is 224. The topological polar surface area (TPSA) is 18.5 Å². The molecule has 0 radical (unpaired) electrons. The molecule has 0 N–H and O–H groups in total. The normalized spacial score (nSPS) is 14.1. The summed E-state index contributed by atoms with van der Waals surface area (Å²) in [6.45, 7) is 3.20. The van der Waals surface area contributed by atoms with Crippen molar-refractivity contribution in [1.82, 2.24) is 0 Å². The third-order valence-corrected chi connectivity index (χ3v) is 6.05. The summed E-state index contributed by atoms with van der Waals surface area (Å²) in [7, 11) is 3.68. The maximum Gasteiger partial charge on any atom is 0.0688 e. The Balaban J connectivity index is 3.51. The number of methoxy groups -OCH3 is 2. The molecule has 0 saturated carbocycles. The number of ether oxygens (including phenoxy) is 2. The molecular weight excluding hydrogens is 399 g/mol. The van der Waals surface area contributed by atoms with E-state index in [1.54, 1.807) is 7.11 Å². The first kappa shape index (κ1) is 23.6. The van der Waals surface area contributed by atoms with E-state index in [1.165, 1.54) is 89.9 Å². The third-order valence-electron chi connectivity index (χ3n) is 4.63. The van der Waals surface area contributed by atoms with Crippen LogP contribution in [0.5, 0.6) is 0 Å². The average Bonchev–Trinajstić information content (AvgIpc) is 2.56. The lowest BCUT2D eigenvalue weighted by Crippen LogP contribution is -2.22. The first-order valence-corrected chi connectivity index (χ1v) is 11.2. The molecule has 0 fully saturated rings. The molecule has 0 aromatic heterocycles. The monoisotopic (exact) mass is 440 g/mol. The summed E-state index contributed by atoms with van der Waals surface area (Å²) in [5.74, 6) is 0. The van der Waals surface area contributed by atoms with Gasteiger partial charge in [-0.3, -0.25) is 0 Å². The van der Waals surface area contributed by atoms with Gasteiger partial charge >= 0.3 is 0 Å². The molecule has 0 unspecified atom stereocenters. The van der Waals surface area contributed by atoms with Crippen molar-refractivity contribution in [1.29, 1.82) is 0 Å². The van der Waals surface area contributed by atoms with Crippen LogP contribution in [0.1, 0.15) is 96.8 Å². The van der Waals surface area contributed by atoms with E-state index >= 15 is 0 Å². The Morgan fingerprint density at radius 2 is 1.22 bits per heavy atom. The molecule has 0 aliphatic heterocycles. The maximum absolute atomic E-state index is 5.74. The highest BCUT2D eigenvalue weighted by Gasteiger charge is 2.17. The second-order valence-corrected chi connectivity index (χ2v) is 8.35. The van der Waals surface area contributed by atoms with Crippen LogP contribution in [-0.4, -0.2) is 30.9 Å². The fourth-order valence-electron chi connectivity index (χ4n) is 3.05. The molecule has 23 heavy (non-hydrogen) atoms. The minimum Gasteiger partial charge on any atom is -0.385 e. The van der Waals surface area contributed by atoms with E-state index in [0.717, 1.165) is 6.61 Å². The van der Waals surface area contributed by atoms with E-state index in [4.69, 9.17) is 9.47 Å². The van der Waals surface area contributed by atoms with Crippen LogP contribution in [-0.2, 0) is 9.47 Å². The molecular formula is C20H41IO2. The molecule has 140 valence electrons. The molecule has 0 saturated heterocycles. The van der Waals surface area contributed by atoms with Gasteiger partial charge in [-0.05, 0) is 19.3 Å². The minimum absolute atomic E-state index is 0.462. The predicted octanol–water partition coefficient (Wildman–Crippen LogP) is 6.93. The van der Waals surface area contributed by atoms with Crippen molar-refractivity contribution in [3.8, 4) is 0 Å². The zero-order valence-electron chi connectivity index (χ0n) is 16.0. The molecule has 2 nitrogen and oxygen atoms in total. The number of hydrogen-bond acceptors (Lipinski definition) is 2. The van der Waals surface area contributed by atoms with Gasteiger partial charge in [0.2, 0.25) is 0 Å². The largest absolute Gasteiger partial charge is 0.385 e. The number of alkyl halides is 1. The van der Waals surface area contributed by atoms with Crippen LogP contribution < -0.4 is 0 Å². The highest BCUT2D eigenvalue weighted by molar-refractivity contribution is 14.1. The highest BCUT2D eigenvalue weighted by atomic mass is 127. The molecule has 0 heterocycles. The first-order valence-electron chi connectivity index (χ1n) is 9.92. The maximum atomic E-state index is 5.74. The van der Waals surface area contributed by atoms with Crippen LogP contribution in [0.3, 0.4) is 0 Å². The van der Waals surface area contributed by atoms with Crippen LogP contribution in [0.4, 0.5) is 0 Å². The van der Waals surface area contributed by atoms with E-state index in [-0.39, 0.29) is 0 Å². The summed E-state index contributed by atoms with van der Waals surface area (Å²) in [4.78, 5) is 0. The van der Waals surface area contributed by atoms with Crippen molar-refractivity contribution in [3.63, 3.8) is 0 Å². The number of halogens is 1. The van der Waals surface area contributed by atoms with Crippen molar-refractivity contribution < 1.29 is 9.47 Å². The lowest BCUT2D eigenvalue weighted by molar-refractivity contribution is 0.0918. The summed E-state index contributed by atoms with van der Waals surface area (Å²) >= 11 is 2.62. The van der Waals surface area contributed by atoms with Crippen molar-refractivity contribution in [2.24, 2.45) is 0 Å². The van der Waals surface area contributed by atoms with Gasteiger partial charge in [0, 0.05) is 24.8 Å². The molecule has 0 bridgehead atoms. The van der Waals surface area contributed by atoms with Gasteiger partial charge in [0.15, 0.2) is 0 Å². The average molecular weight is 440 g/mol. The Morgan fingerprint density at radius 3 is 1.78 bits per heavy atom. The zero-order chi connectivity index (χ0) is 17.2. The second-order valence-electron chi connectivity index (χ2n) is 6.75. The van der Waals surface area contributed by atoms with Crippen LogP contribution in [0, 0.1) is 0 Å². The van der Waals surface area contributed by atoms with E-state index in [2.05, 4.69) is 29.5 Å². The summed E-state index contributed by atoms with van der Waals surface area (Å²) in [5.41, 5.74) is 0. The minimum atomic E-state index is 0.462. The molecule has 0 aliphatic carbocycles. The molecule has 0 aromatic carbocycles. The van der Waals surface area contributed by atoms with E-state index < -0.39 is 0 Å². The first-order chi connectivity index (χ1) is 11.3. The highest BCUT2D eigenvalue weighted by Crippen LogP contribution is 2.22. The van der Waals surface area contributed by atoms with Gasteiger partial charge in [0.05, 0.1) is 6.10 Å². The van der Waals surface area contributed by atoms with Crippen LogP contribution in [0.15, 0.2) is 0 Å². The fourth-order valence-corrected chi connectivity index (χ4v) is 4.14. The van der Waals surface area contributed by atoms with Gasteiger partial charge in [0.25, 0.3) is 0 Å². The standard InChI is InChI=1S/C20H41IO2/c1-4-5-6-7-11-14-17-20(23-3)19(21)16-13-10-8-9-12-15-18-22-2/h19-20H,4-18H2,1-3H3/t19-,20+/m0/s1. The number of rotatable bonds is 18. The second kappa shape index (κ2) is 19.0. The Hall–Kier alpha value is 0.650. The van der Waals surface area contributed by atoms with Crippen molar-refractivity contribution in [2.45, 2.75) is 107 Å². The summed E-state index contributed by atoms with van der Waals surface area (Å²) in [5, 5.41) is 0. The van der Waals surface area contributed by atoms with Gasteiger partial charge in [-0.15, -0.1) is 0 Å². The fraction of sp³-hybridized carbons (Fsp3) is 1.00. The molecule has 0 spiro atoms. The molecule has 3 heteroatoms. The molecule has 0 aliphatic rings. The Morgan fingerprint density at radius 1 is 0.696 bits per heavy atom. The molecule has 0 aromatic rings.